The van der Waals surface area contributed by atoms with Gasteiger partial charge >= 0.3 is 0 Å². The van der Waals surface area contributed by atoms with Gasteiger partial charge in [-0.2, -0.15) is 0 Å². The van der Waals surface area contributed by atoms with Gasteiger partial charge in [0.25, 0.3) is 5.91 Å². The molecular weight excluding hydrogens is 324 g/mol. The van der Waals surface area contributed by atoms with Gasteiger partial charge in [0, 0.05) is 18.1 Å². The maximum atomic E-state index is 12.2. The first-order valence-electron chi connectivity index (χ1n) is 6.30. The molecule has 6 heteroatoms. The molecule has 0 bridgehead atoms. The van der Waals surface area contributed by atoms with E-state index >= 15 is 0 Å². The van der Waals surface area contributed by atoms with Crippen molar-refractivity contribution in [2.75, 3.05) is 20.7 Å². The zero-order valence-electron chi connectivity index (χ0n) is 12.1. The summed E-state index contributed by atoms with van der Waals surface area (Å²) in [5, 5.41) is 2.68. The Kier molecular flexibility index (Phi) is 6.01. The van der Waals surface area contributed by atoms with E-state index in [2.05, 4.69) is 21.2 Å². The molecule has 0 saturated carbocycles. The molecule has 5 nitrogen and oxygen atoms in total. The van der Waals surface area contributed by atoms with E-state index in [4.69, 9.17) is 4.74 Å². The van der Waals surface area contributed by atoms with E-state index in [1.807, 2.05) is 6.92 Å². The van der Waals surface area contributed by atoms with Gasteiger partial charge in [-0.25, -0.2) is 0 Å². The van der Waals surface area contributed by atoms with E-state index in [9.17, 15) is 9.59 Å². The number of hydrogen-bond donors (Lipinski definition) is 1. The summed E-state index contributed by atoms with van der Waals surface area (Å²) in [6.45, 7) is 4.14. The second-order valence-electron chi connectivity index (χ2n) is 4.39. The second kappa shape index (κ2) is 7.28. The van der Waals surface area contributed by atoms with Crippen LogP contribution in [0.25, 0.3) is 0 Å². The van der Waals surface area contributed by atoms with Crippen molar-refractivity contribution in [3.8, 4) is 5.75 Å². The summed E-state index contributed by atoms with van der Waals surface area (Å²) in [6, 6.07) is 4.53. The van der Waals surface area contributed by atoms with Crippen LogP contribution >= 0.6 is 15.9 Å². The molecule has 1 rings (SSSR count). The summed E-state index contributed by atoms with van der Waals surface area (Å²) >= 11 is 3.32. The SMILES string of the molecule is CCN(C)C(=O)C(C)NC(=O)c1ccc(Br)cc1OC. The van der Waals surface area contributed by atoms with Gasteiger partial charge in [-0.05, 0) is 32.0 Å². The number of methoxy groups -OCH3 is 1. The molecule has 0 heterocycles. The highest BCUT2D eigenvalue weighted by Gasteiger charge is 2.21. The van der Waals surface area contributed by atoms with Crippen LogP contribution in [-0.2, 0) is 4.79 Å². The molecule has 0 aliphatic rings. The third kappa shape index (κ3) is 3.96. The van der Waals surface area contributed by atoms with Crippen LogP contribution in [0.2, 0.25) is 0 Å². The van der Waals surface area contributed by atoms with E-state index in [0.717, 1.165) is 4.47 Å². The fourth-order valence-corrected chi connectivity index (χ4v) is 2.02. The Morgan fingerprint density at radius 1 is 1.45 bits per heavy atom. The Morgan fingerprint density at radius 2 is 2.10 bits per heavy atom. The minimum atomic E-state index is -0.583. The number of benzene rings is 1. The van der Waals surface area contributed by atoms with Gasteiger partial charge in [0.1, 0.15) is 11.8 Å². The Morgan fingerprint density at radius 3 is 2.65 bits per heavy atom. The van der Waals surface area contributed by atoms with Gasteiger partial charge in [0.2, 0.25) is 5.91 Å². The number of likely N-dealkylation sites (N-methyl/N-ethyl adjacent to an activating group) is 1. The first-order valence-corrected chi connectivity index (χ1v) is 7.09. The molecule has 0 fully saturated rings. The van der Waals surface area contributed by atoms with Crippen LogP contribution in [-0.4, -0.2) is 43.5 Å². The van der Waals surface area contributed by atoms with Crippen molar-refractivity contribution in [2.45, 2.75) is 19.9 Å². The summed E-state index contributed by atoms with van der Waals surface area (Å²) in [5.41, 5.74) is 0.398. The molecule has 1 N–H and O–H groups in total. The molecule has 110 valence electrons. The zero-order chi connectivity index (χ0) is 15.3. The average molecular weight is 343 g/mol. The van der Waals surface area contributed by atoms with Crippen LogP contribution in [0.4, 0.5) is 0 Å². The lowest BCUT2D eigenvalue weighted by Gasteiger charge is -2.21. The zero-order valence-corrected chi connectivity index (χ0v) is 13.7. The first kappa shape index (κ1) is 16.5. The van der Waals surface area contributed by atoms with E-state index < -0.39 is 6.04 Å². The molecule has 20 heavy (non-hydrogen) atoms. The lowest BCUT2D eigenvalue weighted by molar-refractivity contribution is -0.131. The number of nitrogens with zero attached hydrogens (tertiary/aromatic N) is 1. The van der Waals surface area contributed by atoms with Gasteiger partial charge in [0.15, 0.2) is 0 Å². The number of rotatable bonds is 5. The van der Waals surface area contributed by atoms with Crippen molar-refractivity contribution in [3.05, 3.63) is 28.2 Å². The molecule has 2 amide bonds. The summed E-state index contributed by atoms with van der Waals surface area (Å²) < 4.78 is 5.99. The third-order valence-corrected chi connectivity index (χ3v) is 3.47. The fourth-order valence-electron chi connectivity index (χ4n) is 1.68. The summed E-state index contributed by atoms with van der Waals surface area (Å²) in [7, 11) is 3.20. The number of carbonyl (C=O) groups is 2. The van der Waals surface area contributed by atoms with Gasteiger partial charge in [-0.1, -0.05) is 15.9 Å². The molecule has 0 aliphatic carbocycles. The number of amides is 2. The molecule has 0 radical (unpaired) electrons. The van der Waals surface area contributed by atoms with Crippen LogP contribution in [0.1, 0.15) is 24.2 Å². The quantitative estimate of drug-likeness (QED) is 0.890. The molecule has 0 aliphatic heterocycles. The van der Waals surface area contributed by atoms with Crippen molar-refractivity contribution in [3.63, 3.8) is 0 Å². The summed E-state index contributed by atoms with van der Waals surface area (Å²) in [5.74, 6) is -0.00278. The topological polar surface area (TPSA) is 58.6 Å². The second-order valence-corrected chi connectivity index (χ2v) is 5.31. The van der Waals surface area contributed by atoms with Crippen LogP contribution in [0.15, 0.2) is 22.7 Å². The molecule has 1 unspecified atom stereocenters. The van der Waals surface area contributed by atoms with Crippen molar-refractivity contribution in [2.24, 2.45) is 0 Å². The third-order valence-electron chi connectivity index (χ3n) is 2.98. The van der Waals surface area contributed by atoms with Crippen LogP contribution in [0, 0.1) is 0 Å². The molecule has 0 aromatic heterocycles. The summed E-state index contributed by atoms with van der Waals surface area (Å²) in [4.78, 5) is 25.7. The maximum absolute atomic E-state index is 12.2. The molecular formula is C14H19BrN2O3. The van der Waals surface area contributed by atoms with Crippen molar-refractivity contribution in [1.82, 2.24) is 10.2 Å². The number of carbonyl (C=O) groups excluding carboxylic acids is 2. The van der Waals surface area contributed by atoms with E-state index in [1.54, 1.807) is 37.1 Å². The minimum Gasteiger partial charge on any atom is -0.496 e. The molecule has 0 saturated heterocycles. The highest BCUT2D eigenvalue weighted by Crippen LogP contribution is 2.23. The van der Waals surface area contributed by atoms with Gasteiger partial charge in [-0.15, -0.1) is 0 Å². The van der Waals surface area contributed by atoms with E-state index in [0.29, 0.717) is 17.9 Å². The number of hydrogen-bond acceptors (Lipinski definition) is 3. The van der Waals surface area contributed by atoms with Gasteiger partial charge < -0.3 is 15.0 Å². The molecule has 0 spiro atoms. The molecule has 1 aromatic rings. The number of halogens is 1. The number of nitrogens with one attached hydrogen (secondary N) is 1. The van der Waals surface area contributed by atoms with Crippen LogP contribution < -0.4 is 10.1 Å². The first-order chi connectivity index (χ1) is 9.40. The van der Waals surface area contributed by atoms with Crippen molar-refractivity contribution >= 4 is 27.7 Å². The fraction of sp³-hybridized carbons (Fsp3) is 0.429. The Hall–Kier alpha value is -1.56. The Labute approximate surface area is 127 Å². The molecule has 1 atom stereocenters. The number of ether oxygens (including phenoxy) is 1. The predicted octanol–water partition coefficient (Wildman–Crippen LogP) is 2.05. The largest absolute Gasteiger partial charge is 0.496 e. The smallest absolute Gasteiger partial charge is 0.255 e. The molecule has 1 aromatic carbocycles. The summed E-state index contributed by atoms with van der Waals surface area (Å²) in [6.07, 6.45) is 0. The Bertz CT molecular complexity index is 505. The lowest BCUT2D eigenvalue weighted by Crippen LogP contribution is -2.45. The predicted molar refractivity (Wildman–Crippen MR) is 80.9 cm³/mol. The monoisotopic (exact) mass is 342 g/mol. The van der Waals surface area contributed by atoms with Gasteiger partial charge in [-0.3, -0.25) is 9.59 Å². The standard InChI is InChI=1S/C14H19BrN2O3/c1-5-17(3)14(19)9(2)16-13(18)11-7-6-10(15)8-12(11)20-4/h6-9H,5H2,1-4H3,(H,16,18). The van der Waals surface area contributed by atoms with E-state index in [-0.39, 0.29) is 11.8 Å². The van der Waals surface area contributed by atoms with Crippen molar-refractivity contribution in [1.29, 1.82) is 0 Å². The highest BCUT2D eigenvalue weighted by molar-refractivity contribution is 9.10. The lowest BCUT2D eigenvalue weighted by atomic mass is 10.1. The average Bonchev–Trinajstić information content (AvgIpc) is 2.44. The van der Waals surface area contributed by atoms with E-state index in [1.165, 1.54) is 7.11 Å². The normalized spacial score (nSPS) is 11.7. The highest BCUT2D eigenvalue weighted by atomic mass is 79.9. The van der Waals surface area contributed by atoms with Crippen molar-refractivity contribution < 1.29 is 14.3 Å². The maximum Gasteiger partial charge on any atom is 0.255 e. The Balaban J connectivity index is 2.84. The van der Waals surface area contributed by atoms with Gasteiger partial charge in [0.05, 0.1) is 12.7 Å². The van der Waals surface area contributed by atoms with Crippen LogP contribution in [0.3, 0.4) is 0 Å². The minimum absolute atomic E-state index is 0.128. The van der Waals surface area contributed by atoms with Crippen LogP contribution in [0.5, 0.6) is 5.75 Å².